The number of amides is 2. The highest BCUT2D eigenvalue weighted by Crippen LogP contribution is 2.26. The van der Waals surface area contributed by atoms with Gasteiger partial charge < -0.3 is 10.6 Å². The number of rotatable bonds is 6. The van der Waals surface area contributed by atoms with Crippen molar-refractivity contribution in [3.63, 3.8) is 0 Å². The molecule has 172 valence electrons. The van der Waals surface area contributed by atoms with Gasteiger partial charge in [-0.25, -0.2) is 0 Å². The molecule has 0 aliphatic rings. The standard InChI is InChI=1S/C28H28N4O2/c1-28(2,3)27(34)31-23-15-13-22(14-16-23)30-26(33)25-8-5-4-7-24(25)21-11-9-20(10-12-21)19-32-18-6-17-29-32/h4-18H,19H2,1-3H3,(H,30,33)(H,31,34). The number of hydrogen-bond donors (Lipinski definition) is 2. The third kappa shape index (κ3) is 5.59. The van der Waals surface area contributed by atoms with Crippen LogP contribution in [0.1, 0.15) is 36.7 Å². The smallest absolute Gasteiger partial charge is 0.256 e. The highest BCUT2D eigenvalue weighted by Gasteiger charge is 2.21. The van der Waals surface area contributed by atoms with Gasteiger partial charge in [0.15, 0.2) is 0 Å². The number of anilines is 2. The van der Waals surface area contributed by atoms with Crippen LogP contribution in [0.25, 0.3) is 11.1 Å². The summed E-state index contributed by atoms with van der Waals surface area (Å²) < 4.78 is 1.87. The van der Waals surface area contributed by atoms with Crippen LogP contribution in [0.15, 0.2) is 91.3 Å². The van der Waals surface area contributed by atoms with E-state index in [1.165, 1.54) is 0 Å². The van der Waals surface area contributed by atoms with Gasteiger partial charge in [0, 0.05) is 34.7 Å². The van der Waals surface area contributed by atoms with E-state index < -0.39 is 5.41 Å². The van der Waals surface area contributed by atoms with Gasteiger partial charge in [0.25, 0.3) is 5.91 Å². The maximum atomic E-state index is 13.1. The minimum Gasteiger partial charge on any atom is -0.326 e. The zero-order valence-electron chi connectivity index (χ0n) is 19.6. The first-order valence-corrected chi connectivity index (χ1v) is 11.2. The molecule has 4 rings (SSSR count). The normalized spacial score (nSPS) is 11.1. The summed E-state index contributed by atoms with van der Waals surface area (Å²) in [7, 11) is 0. The lowest BCUT2D eigenvalue weighted by molar-refractivity contribution is -0.123. The minimum absolute atomic E-state index is 0.0612. The first-order chi connectivity index (χ1) is 16.3. The van der Waals surface area contributed by atoms with Crippen LogP contribution in [0, 0.1) is 5.41 Å². The zero-order valence-corrected chi connectivity index (χ0v) is 19.6. The molecular formula is C28H28N4O2. The zero-order chi connectivity index (χ0) is 24.1. The Bertz CT molecular complexity index is 1270. The summed E-state index contributed by atoms with van der Waals surface area (Å²) in [6.07, 6.45) is 3.69. The summed E-state index contributed by atoms with van der Waals surface area (Å²) in [6, 6.07) is 24.7. The van der Waals surface area contributed by atoms with E-state index in [0.29, 0.717) is 23.5 Å². The van der Waals surface area contributed by atoms with Crippen LogP contribution in [0.3, 0.4) is 0 Å². The van der Waals surface area contributed by atoms with Crippen molar-refractivity contribution < 1.29 is 9.59 Å². The minimum atomic E-state index is -0.478. The van der Waals surface area contributed by atoms with Crippen LogP contribution in [-0.4, -0.2) is 21.6 Å². The molecule has 1 heterocycles. The van der Waals surface area contributed by atoms with E-state index in [4.69, 9.17) is 0 Å². The summed E-state index contributed by atoms with van der Waals surface area (Å²) >= 11 is 0. The maximum Gasteiger partial charge on any atom is 0.256 e. The fourth-order valence-electron chi connectivity index (χ4n) is 3.46. The topological polar surface area (TPSA) is 76.0 Å². The fraction of sp³-hybridized carbons (Fsp3) is 0.179. The van der Waals surface area contributed by atoms with Crippen molar-refractivity contribution in [3.05, 3.63) is 102 Å². The first-order valence-electron chi connectivity index (χ1n) is 11.2. The molecule has 4 aromatic rings. The van der Waals surface area contributed by atoms with E-state index in [2.05, 4.69) is 27.9 Å². The van der Waals surface area contributed by atoms with Crippen LogP contribution in [0.4, 0.5) is 11.4 Å². The molecule has 0 bridgehead atoms. The van der Waals surface area contributed by atoms with E-state index in [9.17, 15) is 9.59 Å². The fourth-order valence-corrected chi connectivity index (χ4v) is 3.46. The Labute approximate surface area is 199 Å². The molecule has 2 N–H and O–H groups in total. The second-order valence-electron chi connectivity index (χ2n) is 9.18. The van der Waals surface area contributed by atoms with E-state index in [1.807, 2.05) is 74.1 Å². The lowest BCUT2D eigenvalue weighted by atomic mass is 9.95. The van der Waals surface area contributed by atoms with Crippen molar-refractivity contribution in [3.8, 4) is 11.1 Å². The van der Waals surface area contributed by atoms with Gasteiger partial charge in [-0.1, -0.05) is 63.2 Å². The summed E-state index contributed by atoms with van der Waals surface area (Å²) in [6.45, 7) is 6.28. The van der Waals surface area contributed by atoms with Crippen molar-refractivity contribution in [2.45, 2.75) is 27.3 Å². The predicted molar refractivity (Wildman–Crippen MR) is 136 cm³/mol. The first kappa shape index (κ1) is 23.0. The number of carbonyl (C=O) groups is 2. The Morgan fingerprint density at radius 1 is 0.824 bits per heavy atom. The molecule has 6 heteroatoms. The predicted octanol–water partition coefficient (Wildman–Crippen LogP) is 5.84. The lowest BCUT2D eigenvalue weighted by Gasteiger charge is -2.17. The largest absolute Gasteiger partial charge is 0.326 e. The monoisotopic (exact) mass is 452 g/mol. The van der Waals surface area contributed by atoms with Gasteiger partial charge in [0.05, 0.1) is 6.54 Å². The summed E-state index contributed by atoms with van der Waals surface area (Å²) in [4.78, 5) is 25.3. The Kier molecular flexibility index (Phi) is 6.59. The summed E-state index contributed by atoms with van der Waals surface area (Å²) in [5.41, 5.74) is 4.42. The Hall–Kier alpha value is -4.19. The molecule has 0 unspecified atom stereocenters. The second kappa shape index (κ2) is 9.75. The number of carbonyl (C=O) groups excluding carboxylic acids is 2. The molecule has 0 spiro atoms. The third-order valence-electron chi connectivity index (χ3n) is 5.42. The Morgan fingerprint density at radius 3 is 2.09 bits per heavy atom. The van der Waals surface area contributed by atoms with Crippen molar-refractivity contribution in [2.24, 2.45) is 5.41 Å². The number of nitrogens with one attached hydrogen (secondary N) is 2. The van der Waals surface area contributed by atoms with Gasteiger partial charge in [-0.05, 0) is 53.1 Å². The van der Waals surface area contributed by atoms with Gasteiger partial charge in [-0.15, -0.1) is 0 Å². The van der Waals surface area contributed by atoms with Gasteiger partial charge in [-0.2, -0.15) is 5.10 Å². The molecule has 34 heavy (non-hydrogen) atoms. The molecule has 6 nitrogen and oxygen atoms in total. The Morgan fingerprint density at radius 2 is 1.47 bits per heavy atom. The van der Waals surface area contributed by atoms with Crippen LogP contribution >= 0.6 is 0 Å². The average Bonchev–Trinajstić information content (AvgIpc) is 3.33. The van der Waals surface area contributed by atoms with Gasteiger partial charge in [-0.3, -0.25) is 14.3 Å². The maximum absolute atomic E-state index is 13.1. The highest BCUT2D eigenvalue weighted by molar-refractivity contribution is 6.08. The summed E-state index contributed by atoms with van der Waals surface area (Å²) in [5, 5.41) is 10.1. The van der Waals surface area contributed by atoms with Crippen molar-refractivity contribution in [1.82, 2.24) is 9.78 Å². The van der Waals surface area contributed by atoms with Crippen LogP contribution in [0.5, 0.6) is 0 Å². The summed E-state index contributed by atoms with van der Waals surface area (Å²) in [5.74, 6) is -0.253. The number of hydrogen-bond acceptors (Lipinski definition) is 3. The molecule has 0 radical (unpaired) electrons. The molecular weight excluding hydrogens is 424 g/mol. The van der Waals surface area contributed by atoms with Crippen molar-refractivity contribution in [2.75, 3.05) is 10.6 Å². The lowest BCUT2D eigenvalue weighted by Crippen LogP contribution is -2.27. The molecule has 2 amide bonds. The molecule has 0 saturated heterocycles. The number of benzene rings is 3. The second-order valence-corrected chi connectivity index (χ2v) is 9.18. The molecule has 0 atom stereocenters. The van der Waals surface area contributed by atoms with E-state index >= 15 is 0 Å². The molecule has 1 aromatic heterocycles. The van der Waals surface area contributed by atoms with Crippen molar-refractivity contribution in [1.29, 1.82) is 0 Å². The third-order valence-corrected chi connectivity index (χ3v) is 5.42. The van der Waals surface area contributed by atoms with Crippen LogP contribution in [-0.2, 0) is 11.3 Å². The quantitative estimate of drug-likeness (QED) is 0.386. The van der Waals surface area contributed by atoms with Crippen molar-refractivity contribution >= 4 is 23.2 Å². The van der Waals surface area contributed by atoms with Gasteiger partial charge in [0.1, 0.15) is 0 Å². The van der Waals surface area contributed by atoms with Gasteiger partial charge in [0.2, 0.25) is 5.91 Å². The number of nitrogens with zero attached hydrogens (tertiary/aromatic N) is 2. The molecule has 0 aliphatic heterocycles. The van der Waals surface area contributed by atoms with Crippen LogP contribution in [0.2, 0.25) is 0 Å². The molecule has 0 saturated carbocycles. The Balaban J connectivity index is 1.47. The highest BCUT2D eigenvalue weighted by atomic mass is 16.2. The molecule has 0 aliphatic carbocycles. The van der Waals surface area contributed by atoms with Crippen LogP contribution < -0.4 is 10.6 Å². The van der Waals surface area contributed by atoms with E-state index in [0.717, 1.165) is 16.7 Å². The molecule has 0 fully saturated rings. The van der Waals surface area contributed by atoms with E-state index in [1.54, 1.807) is 30.5 Å². The number of aromatic nitrogens is 2. The SMILES string of the molecule is CC(C)(C)C(=O)Nc1ccc(NC(=O)c2ccccc2-c2ccc(Cn3cccn3)cc2)cc1. The average molecular weight is 453 g/mol. The molecule has 3 aromatic carbocycles. The van der Waals surface area contributed by atoms with Gasteiger partial charge >= 0.3 is 0 Å². The van der Waals surface area contributed by atoms with E-state index in [-0.39, 0.29) is 11.8 Å².